The summed E-state index contributed by atoms with van der Waals surface area (Å²) in [4.78, 5) is 11.4. The van der Waals surface area contributed by atoms with E-state index in [4.69, 9.17) is 0 Å². The molecule has 0 unspecified atom stereocenters. The zero-order valence-electron chi connectivity index (χ0n) is 11.5. The lowest BCUT2D eigenvalue weighted by atomic mass is 10.1. The molecule has 0 spiro atoms. The monoisotopic (exact) mass is 258 g/mol. The van der Waals surface area contributed by atoms with Crippen LogP contribution in [-0.4, -0.2) is 20.9 Å². The molecule has 0 aliphatic rings. The Balaban J connectivity index is 2.63. The molecule has 1 N–H and O–H groups in total. The fourth-order valence-electron chi connectivity index (χ4n) is 2.29. The molecular formula is C15H18N2O2. The van der Waals surface area contributed by atoms with Gasteiger partial charge in [0.2, 0.25) is 0 Å². The highest BCUT2D eigenvalue weighted by Crippen LogP contribution is 2.21. The largest absolute Gasteiger partial charge is 0.478 e. The topological polar surface area (TPSA) is 55.1 Å². The number of carboxylic acids is 1. The highest BCUT2D eigenvalue weighted by atomic mass is 16.4. The normalized spacial score (nSPS) is 10.7. The van der Waals surface area contributed by atoms with Gasteiger partial charge in [-0.1, -0.05) is 31.5 Å². The van der Waals surface area contributed by atoms with Crippen LogP contribution < -0.4 is 0 Å². The molecule has 0 radical (unpaired) electrons. The lowest BCUT2D eigenvalue weighted by Gasteiger charge is -2.07. The van der Waals surface area contributed by atoms with Crippen LogP contribution in [0, 0.1) is 13.8 Å². The molecule has 0 aliphatic carbocycles. The van der Waals surface area contributed by atoms with Crippen LogP contribution in [0.5, 0.6) is 0 Å². The van der Waals surface area contributed by atoms with Gasteiger partial charge in [0, 0.05) is 0 Å². The Kier molecular flexibility index (Phi) is 3.69. The Bertz CT molecular complexity index is 615. The van der Waals surface area contributed by atoms with Gasteiger partial charge in [-0.15, -0.1) is 0 Å². The molecule has 0 saturated heterocycles. The maximum Gasteiger partial charge on any atom is 0.339 e. The smallest absolute Gasteiger partial charge is 0.339 e. The molecule has 1 aromatic carbocycles. The van der Waals surface area contributed by atoms with Crippen molar-refractivity contribution in [1.29, 1.82) is 0 Å². The third-order valence-electron chi connectivity index (χ3n) is 3.23. The highest BCUT2D eigenvalue weighted by molar-refractivity contribution is 5.90. The average Bonchev–Trinajstić information content (AvgIpc) is 2.67. The zero-order valence-corrected chi connectivity index (χ0v) is 11.5. The van der Waals surface area contributed by atoms with Crippen molar-refractivity contribution in [1.82, 2.24) is 9.78 Å². The van der Waals surface area contributed by atoms with E-state index in [1.54, 1.807) is 4.68 Å². The Hall–Kier alpha value is -2.10. The van der Waals surface area contributed by atoms with Gasteiger partial charge in [-0.05, 0) is 31.9 Å². The second kappa shape index (κ2) is 5.26. The Morgan fingerprint density at radius 2 is 2.00 bits per heavy atom. The molecule has 2 rings (SSSR count). The predicted molar refractivity (Wildman–Crippen MR) is 74.0 cm³/mol. The van der Waals surface area contributed by atoms with Crippen LogP contribution in [-0.2, 0) is 6.42 Å². The van der Waals surface area contributed by atoms with E-state index in [1.165, 1.54) is 0 Å². The maximum atomic E-state index is 11.4. The fraction of sp³-hybridized carbons (Fsp3) is 0.333. The van der Waals surface area contributed by atoms with Crippen molar-refractivity contribution in [2.75, 3.05) is 0 Å². The van der Waals surface area contributed by atoms with Crippen LogP contribution >= 0.6 is 0 Å². The molecule has 0 bridgehead atoms. The summed E-state index contributed by atoms with van der Waals surface area (Å²) in [6, 6.07) is 7.85. The molecule has 19 heavy (non-hydrogen) atoms. The molecule has 2 aromatic rings. The van der Waals surface area contributed by atoms with Gasteiger partial charge in [-0.25, -0.2) is 9.48 Å². The van der Waals surface area contributed by atoms with E-state index >= 15 is 0 Å². The predicted octanol–water partition coefficient (Wildman–Crippen LogP) is 3.14. The van der Waals surface area contributed by atoms with E-state index in [1.807, 2.05) is 45.0 Å². The number of aromatic nitrogens is 2. The van der Waals surface area contributed by atoms with Crippen LogP contribution in [0.1, 0.15) is 40.7 Å². The van der Waals surface area contributed by atoms with Gasteiger partial charge in [0.15, 0.2) is 0 Å². The molecule has 1 aromatic heterocycles. The Labute approximate surface area is 112 Å². The number of benzene rings is 1. The first-order valence-electron chi connectivity index (χ1n) is 6.44. The quantitative estimate of drug-likeness (QED) is 0.916. The SMILES string of the molecule is CCCc1nn(-c2ccccc2C)c(C)c1C(=O)O. The van der Waals surface area contributed by atoms with Crippen molar-refractivity contribution >= 4 is 5.97 Å². The van der Waals surface area contributed by atoms with Crippen molar-refractivity contribution < 1.29 is 9.90 Å². The lowest BCUT2D eigenvalue weighted by molar-refractivity contribution is 0.0695. The Morgan fingerprint density at radius 3 is 2.58 bits per heavy atom. The van der Waals surface area contributed by atoms with Gasteiger partial charge in [0.25, 0.3) is 0 Å². The number of aryl methyl sites for hydroxylation is 2. The van der Waals surface area contributed by atoms with E-state index in [9.17, 15) is 9.90 Å². The first kappa shape index (κ1) is 13.3. The van der Waals surface area contributed by atoms with Gasteiger partial charge < -0.3 is 5.11 Å². The minimum absolute atomic E-state index is 0.338. The van der Waals surface area contributed by atoms with E-state index in [-0.39, 0.29) is 0 Å². The number of carbonyl (C=O) groups is 1. The molecule has 100 valence electrons. The molecule has 4 nitrogen and oxygen atoms in total. The first-order chi connectivity index (χ1) is 9.06. The van der Waals surface area contributed by atoms with Gasteiger partial charge >= 0.3 is 5.97 Å². The van der Waals surface area contributed by atoms with Gasteiger partial charge in [0.05, 0.1) is 17.1 Å². The van der Waals surface area contributed by atoms with Crippen molar-refractivity contribution in [3.8, 4) is 5.69 Å². The van der Waals surface area contributed by atoms with Crippen LogP contribution in [0.3, 0.4) is 0 Å². The van der Waals surface area contributed by atoms with Crippen molar-refractivity contribution in [3.63, 3.8) is 0 Å². The van der Waals surface area contributed by atoms with E-state index in [2.05, 4.69) is 5.10 Å². The molecule has 0 amide bonds. The van der Waals surface area contributed by atoms with Crippen LogP contribution in [0.2, 0.25) is 0 Å². The maximum absolute atomic E-state index is 11.4. The van der Waals surface area contributed by atoms with E-state index < -0.39 is 5.97 Å². The third-order valence-corrected chi connectivity index (χ3v) is 3.23. The minimum atomic E-state index is -0.902. The summed E-state index contributed by atoms with van der Waals surface area (Å²) in [5.41, 5.74) is 3.70. The molecule has 1 heterocycles. The molecule has 4 heteroatoms. The van der Waals surface area contributed by atoms with Crippen LogP contribution in [0.4, 0.5) is 0 Å². The summed E-state index contributed by atoms with van der Waals surface area (Å²) in [6.07, 6.45) is 1.56. The lowest BCUT2D eigenvalue weighted by Crippen LogP contribution is -2.04. The number of hydrogen-bond donors (Lipinski definition) is 1. The highest BCUT2D eigenvalue weighted by Gasteiger charge is 2.21. The number of carboxylic acid groups (broad SMARTS) is 1. The Morgan fingerprint density at radius 1 is 1.32 bits per heavy atom. The number of nitrogens with zero attached hydrogens (tertiary/aromatic N) is 2. The number of para-hydroxylation sites is 1. The molecule has 0 atom stereocenters. The van der Waals surface area contributed by atoms with Crippen molar-refractivity contribution in [2.45, 2.75) is 33.6 Å². The molecular weight excluding hydrogens is 240 g/mol. The number of aromatic carboxylic acids is 1. The second-order valence-electron chi connectivity index (χ2n) is 4.66. The van der Waals surface area contributed by atoms with Gasteiger partial charge in [0.1, 0.15) is 5.56 Å². The van der Waals surface area contributed by atoms with Crippen molar-refractivity contribution in [3.05, 3.63) is 46.8 Å². The second-order valence-corrected chi connectivity index (χ2v) is 4.66. The van der Waals surface area contributed by atoms with Crippen LogP contribution in [0.15, 0.2) is 24.3 Å². The standard InChI is InChI=1S/C15H18N2O2/c1-4-7-12-14(15(18)19)11(3)17(16-12)13-9-6-5-8-10(13)2/h5-6,8-9H,4,7H2,1-3H3,(H,18,19). The summed E-state index contributed by atoms with van der Waals surface area (Å²) in [5, 5.41) is 13.8. The van der Waals surface area contributed by atoms with E-state index in [0.29, 0.717) is 23.4 Å². The molecule has 0 aliphatic heterocycles. The summed E-state index contributed by atoms with van der Waals surface area (Å²) in [6.45, 7) is 5.83. The van der Waals surface area contributed by atoms with Gasteiger partial charge in [-0.2, -0.15) is 5.10 Å². The summed E-state index contributed by atoms with van der Waals surface area (Å²) >= 11 is 0. The third kappa shape index (κ3) is 2.38. The molecule has 0 saturated carbocycles. The summed E-state index contributed by atoms with van der Waals surface area (Å²) in [5.74, 6) is -0.902. The zero-order chi connectivity index (χ0) is 14.0. The fourth-order valence-corrected chi connectivity index (χ4v) is 2.29. The minimum Gasteiger partial charge on any atom is -0.478 e. The number of rotatable bonds is 4. The average molecular weight is 258 g/mol. The first-order valence-corrected chi connectivity index (χ1v) is 6.44. The summed E-state index contributed by atoms with van der Waals surface area (Å²) in [7, 11) is 0. The van der Waals surface area contributed by atoms with Gasteiger partial charge in [-0.3, -0.25) is 0 Å². The number of hydrogen-bond acceptors (Lipinski definition) is 2. The van der Waals surface area contributed by atoms with E-state index in [0.717, 1.165) is 17.7 Å². The van der Waals surface area contributed by atoms with Crippen molar-refractivity contribution in [2.24, 2.45) is 0 Å². The van der Waals surface area contributed by atoms with Crippen LogP contribution in [0.25, 0.3) is 5.69 Å². The molecule has 0 fully saturated rings. The summed E-state index contributed by atoms with van der Waals surface area (Å²) < 4.78 is 1.74.